The number of rotatable bonds is 11. The standard InChI is InChI=1S/C40H46O4/c1-8-43-36(38(41)42)25-28-16-22-34(23-17-28)44-24-12-15-31-26-32(29-18-20-33(21-19-29)39(2,3)4)27-35(37(31)40(5,6)7)30-13-10-9-11-14-30/h9-23,26-27,36H,8,24-25H2,1-7H3,(H,41,42)/t36-/m0/s1. The highest BCUT2D eigenvalue weighted by Crippen LogP contribution is 2.40. The first-order chi connectivity index (χ1) is 20.9. The molecule has 0 aliphatic rings. The molecule has 1 N–H and O–H groups in total. The molecule has 230 valence electrons. The zero-order chi connectivity index (χ0) is 31.9. The fraction of sp³-hybridized carbons (Fsp3) is 0.325. The highest BCUT2D eigenvalue weighted by Gasteiger charge is 2.23. The van der Waals surface area contributed by atoms with Crippen molar-refractivity contribution in [2.45, 2.75) is 71.8 Å². The summed E-state index contributed by atoms with van der Waals surface area (Å²) in [6.45, 7) is 16.1. The summed E-state index contributed by atoms with van der Waals surface area (Å²) in [6, 6.07) is 31.7. The number of ether oxygens (including phenoxy) is 2. The third-order valence-electron chi connectivity index (χ3n) is 7.72. The van der Waals surface area contributed by atoms with Crippen molar-refractivity contribution in [3.05, 3.63) is 119 Å². The van der Waals surface area contributed by atoms with E-state index in [4.69, 9.17) is 9.47 Å². The monoisotopic (exact) mass is 590 g/mol. The van der Waals surface area contributed by atoms with Gasteiger partial charge < -0.3 is 14.6 Å². The predicted molar refractivity (Wildman–Crippen MR) is 182 cm³/mol. The topological polar surface area (TPSA) is 55.8 Å². The Bertz CT molecular complexity index is 1550. The summed E-state index contributed by atoms with van der Waals surface area (Å²) in [5, 5.41) is 9.37. The van der Waals surface area contributed by atoms with E-state index in [1.807, 2.05) is 24.3 Å². The lowest BCUT2D eigenvalue weighted by molar-refractivity contribution is -0.149. The second-order valence-electron chi connectivity index (χ2n) is 13.3. The molecule has 0 bridgehead atoms. The van der Waals surface area contributed by atoms with Crippen LogP contribution in [0.2, 0.25) is 0 Å². The Kier molecular flexibility index (Phi) is 10.5. The van der Waals surface area contributed by atoms with Gasteiger partial charge in [-0.2, -0.15) is 0 Å². The molecule has 0 amide bonds. The van der Waals surface area contributed by atoms with Gasteiger partial charge in [0.05, 0.1) is 0 Å². The minimum atomic E-state index is -0.951. The molecule has 4 rings (SSSR count). The Hall–Kier alpha value is -4.15. The summed E-state index contributed by atoms with van der Waals surface area (Å²) in [7, 11) is 0. The van der Waals surface area contributed by atoms with Gasteiger partial charge >= 0.3 is 5.97 Å². The van der Waals surface area contributed by atoms with E-state index in [1.165, 1.54) is 38.9 Å². The predicted octanol–water partition coefficient (Wildman–Crippen LogP) is 9.74. The zero-order valence-corrected chi connectivity index (χ0v) is 27.2. The maximum atomic E-state index is 11.4. The van der Waals surface area contributed by atoms with Crippen LogP contribution < -0.4 is 4.74 Å². The van der Waals surface area contributed by atoms with Gasteiger partial charge in [-0.15, -0.1) is 0 Å². The molecule has 4 heteroatoms. The van der Waals surface area contributed by atoms with Crippen LogP contribution in [-0.4, -0.2) is 30.4 Å². The van der Waals surface area contributed by atoms with E-state index in [9.17, 15) is 9.90 Å². The smallest absolute Gasteiger partial charge is 0.333 e. The molecule has 0 saturated heterocycles. The van der Waals surface area contributed by atoms with Gasteiger partial charge in [0, 0.05) is 13.0 Å². The Labute approximate surface area is 263 Å². The lowest BCUT2D eigenvalue weighted by Crippen LogP contribution is -2.26. The average Bonchev–Trinajstić information content (AvgIpc) is 2.99. The first-order valence-corrected chi connectivity index (χ1v) is 15.4. The van der Waals surface area contributed by atoms with Crippen molar-refractivity contribution in [1.82, 2.24) is 0 Å². The van der Waals surface area contributed by atoms with Crippen LogP contribution in [0.4, 0.5) is 0 Å². The minimum Gasteiger partial charge on any atom is -0.490 e. The third-order valence-corrected chi connectivity index (χ3v) is 7.72. The van der Waals surface area contributed by atoms with E-state index in [2.05, 4.69) is 120 Å². The first-order valence-electron chi connectivity index (χ1n) is 15.4. The molecule has 0 aromatic heterocycles. The van der Waals surface area contributed by atoms with Crippen molar-refractivity contribution in [1.29, 1.82) is 0 Å². The van der Waals surface area contributed by atoms with Crippen LogP contribution in [0.15, 0.2) is 97.1 Å². The van der Waals surface area contributed by atoms with Gasteiger partial charge in [-0.1, -0.05) is 114 Å². The van der Waals surface area contributed by atoms with Gasteiger partial charge in [-0.25, -0.2) is 4.79 Å². The van der Waals surface area contributed by atoms with Crippen LogP contribution >= 0.6 is 0 Å². The molecule has 0 unspecified atom stereocenters. The minimum absolute atomic E-state index is 0.0918. The molecule has 0 radical (unpaired) electrons. The maximum absolute atomic E-state index is 11.4. The third kappa shape index (κ3) is 8.48. The Morgan fingerprint density at radius 1 is 0.795 bits per heavy atom. The summed E-state index contributed by atoms with van der Waals surface area (Å²) in [4.78, 5) is 11.4. The highest BCUT2D eigenvalue weighted by molar-refractivity contribution is 5.81. The maximum Gasteiger partial charge on any atom is 0.333 e. The average molecular weight is 591 g/mol. The van der Waals surface area contributed by atoms with Gasteiger partial charge in [0.2, 0.25) is 0 Å². The van der Waals surface area contributed by atoms with Gasteiger partial charge in [-0.3, -0.25) is 0 Å². The van der Waals surface area contributed by atoms with Gasteiger partial charge in [-0.05, 0) is 92.6 Å². The molecule has 4 nitrogen and oxygen atoms in total. The number of hydrogen-bond acceptors (Lipinski definition) is 3. The van der Waals surface area contributed by atoms with Crippen molar-refractivity contribution < 1.29 is 19.4 Å². The van der Waals surface area contributed by atoms with E-state index >= 15 is 0 Å². The van der Waals surface area contributed by atoms with E-state index in [1.54, 1.807) is 6.92 Å². The number of carboxylic acid groups (broad SMARTS) is 1. The molecule has 0 spiro atoms. The number of carboxylic acids is 1. The number of benzene rings is 4. The van der Waals surface area contributed by atoms with Crippen LogP contribution in [0.1, 0.15) is 70.7 Å². The van der Waals surface area contributed by atoms with Gasteiger partial charge in [0.15, 0.2) is 6.10 Å². The zero-order valence-electron chi connectivity index (χ0n) is 27.2. The van der Waals surface area contributed by atoms with Crippen molar-refractivity contribution in [3.63, 3.8) is 0 Å². The summed E-state index contributed by atoms with van der Waals surface area (Å²) in [6.07, 6.45) is 3.71. The SMILES string of the molecule is CCO[C@@H](Cc1ccc(OCC=Cc2cc(-c3ccc(C(C)(C)C)cc3)cc(-c3ccccc3)c2C(C)(C)C)cc1)C(=O)O. The molecular weight excluding hydrogens is 544 g/mol. The van der Waals surface area contributed by atoms with Crippen LogP contribution in [0.3, 0.4) is 0 Å². The van der Waals surface area contributed by atoms with Crippen LogP contribution in [0, 0.1) is 0 Å². The Balaban J connectivity index is 1.63. The lowest BCUT2D eigenvalue weighted by Gasteiger charge is -2.27. The molecular formula is C40H46O4. The van der Waals surface area contributed by atoms with E-state index in [0.29, 0.717) is 19.6 Å². The normalized spacial score (nSPS) is 12.8. The van der Waals surface area contributed by atoms with E-state index in [-0.39, 0.29) is 10.8 Å². The van der Waals surface area contributed by atoms with Crippen LogP contribution in [0.25, 0.3) is 28.3 Å². The largest absolute Gasteiger partial charge is 0.490 e. The molecule has 0 heterocycles. The summed E-state index contributed by atoms with van der Waals surface area (Å²) in [5.74, 6) is -0.219. The summed E-state index contributed by atoms with van der Waals surface area (Å²) >= 11 is 0. The summed E-state index contributed by atoms with van der Waals surface area (Å²) < 4.78 is 11.4. The van der Waals surface area contributed by atoms with E-state index < -0.39 is 12.1 Å². The fourth-order valence-electron chi connectivity index (χ4n) is 5.48. The van der Waals surface area contributed by atoms with Crippen molar-refractivity contribution in [3.8, 4) is 28.0 Å². The molecule has 44 heavy (non-hydrogen) atoms. The van der Waals surface area contributed by atoms with Crippen LogP contribution in [-0.2, 0) is 26.8 Å². The fourth-order valence-corrected chi connectivity index (χ4v) is 5.48. The first kappa shape index (κ1) is 32.8. The van der Waals surface area contributed by atoms with Crippen molar-refractivity contribution in [2.75, 3.05) is 13.2 Å². The molecule has 4 aromatic rings. The number of carbonyl (C=O) groups is 1. The molecule has 1 atom stereocenters. The summed E-state index contributed by atoms with van der Waals surface area (Å²) in [5.41, 5.74) is 9.49. The number of aliphatic carboxylic acids is 1. The molecule has 0 aliphatic heterocycles. The van der Waals surface area contributed by atoms with E-state index in [0.717, 1.165) is 11.3 Å². The van der Waals surface area contributed by atoms with Crippen LogP contribution in [0.5, 0.6) is 5.75 Å². The van der Waals surface area contributed by atoms with Gasteiger partial charge in [0.1, 0.15) is 12.4 Å². The Morgan fingerprint density at radius 3 is 2.02 bits per heavy atom. The molecule has 4 aromatic carbocycles. The van der Waals surface area contributed by atoms with Gasteiger partial charge in [0.25, 0.3) is 0 Å². The lowest BCUT2D eigenvalue weighted by atomic mass is 9.77. The quantitative estimate of drug-likeness (QED) is 0.189. The van der Waals surface area contributed by atoms with Crippen molar-refractivity contribution >= 4 is 12.0 Å². The Morgan fingerprint density at radius 2 is 1.45 bits per heavy atom. The van der Waals surface area contributed by atoms with Crippen molar-refractivity contribution in [2.24, 2.45) is 0 Å². The molecule has 0 aliphatic carbocycles. The second-order valence-corrected chi connectivity index (χ2v) is 13.3. The second kappa shape index (κ2) is 14.1. The molecule has 0 fully saturated rings. The molecule has 0 saturated carbocycles. The highest BCUT2D eigenvalue weighted by atomic mass is 16.5. The number of hydrogen-bond donors (Lipinski definition) is 1.